The van der Waals surface area contributed by atoms with E-state index < -0.39 is 11.9 Å². The van der Waals surface area contributed by atoms with Crippen LogP contribution in [0.2, 0.25) is 0 Å². The van der Waals surface area contributed by atoms with E-state index in [0.717, 1.165) is 0 Å². The van der Waals surface area contributed by atoms with Crippen LogP contribution in [0.4, 0.5) is 0 Å². The van der Waals surface area contributed by atoms with Crippen molar-refractivity contribution in [2.75, 3.05) is 7.11 Å². The van der Waals surface area contributed by atoms with Gasteiger partial charge < -0.3 is 19.0 Å². The number of fused-ring (bicyclic) bond motifs is 1. The Kier molecular flexibility index (Phi) is 3.36. The molecule has 0 fully saturated rings. The predicted molar refractivity (Wildman–Crippen MR) is 76.5 cm³/mol. The third-order valence-electron chi connectivity index (χ3n) is 3.56. The van der Waals surface area contributed by atoms with Gasteiger partial charge in [-0.3, -0.25) is 9.59 Å². The van der Waals surface area contributed by atoms with Gasteiger partial charge in [-0.25, -0.2) is 0 Å². The van der Waals surface area contributed by atoms with Gasteiger partial charge in [-0.15, -0.1) is 0 Å². The van der Waals surface area contributed by atoms with E-state index in [-0.39, 0.29) is 29.1 Å². The van der Waals surface area contributed by atoms with Gasteiger partial charge in [-0.1, -0.05) is 6.07 Å². The maximum atomic E-state index is 12.0. The van der Waals surface area contributed by atoms with E-state index in [1.807, 2.05) is 0 Å². The van der Waals surface area contributed by atoms with Crippen LogP contribution < -0.4 is 14.9 Å². The Balaban J connectivity index is 2.17. The van der Waals surface area contributed by atoms with Gasteiger partial charge in [-0.2, -0.15) is 0 Å². The highest BCUT2D eigenvalue weighted by atomic mass is 16.5. The average Bonchev–Trinajstić information content (AvgIpc) is 2.48. The van der Waals surface area contributed by atoms with Crippen LogP contribution in [0.5, 0.6) is 17.2 Å². The van der Waals surface area contributed by atoms with Gasteiger partial charge in [0.05, 0.1) is 19.4 Å². The zero-order valence-corrected chi connectivity index (χ0v) is 12.1. The molecule has 0 aliphatic carbocycles. The van der Waals surface area contributed by atoms with E-state index in [4.69, 9.17) is 13.9 Å². The SMILES string of the molecule is COc1cc(C2CC(=O)Oc3c2oc(C)cc3=O)ccc1O. The van der Waals surface area contributed by atoms with E-state index in [1.165, 1.54) is 19.2 Å². The molecule has 1 aliphatic rings. The van der Waals surface area contributed by atoms with Crippen molar-refractivity contribution in [1.82, 2.24) is 0 Å². The predicted octanol–water partition coefficient (Wildman–Crippen LogP) is 2.10. The number of carbonyl (C=O) groups is 1. The molecule has 1 aliphatic heterocycles. The lowest BCUT2D eigenvalue weighted by Crippen LogP contribution is -2.25. The lowest BCUT2D eigenvalue weighted by molar-refractivity contribution is -0.136. The van der Waals surface area contributed by atoms with Crippen LogP contribution in [0.25, 0.3) is 0 Å². The first-order chi connectivity index (χ1) is 10.5. The smallest absolute Gasteiger partial charge is 0.312 e. The van der Waals surface area contributed by atoms with Crippen molar-refractivity contribution in [3.8, 4) is 17.2 Å². The molecule has 3 rings (SSSR count). The highest BCUT2D eigenvalue weighted by molar-refractivity contribution is 5.77. The van der Waals surface area contributed by atoms with E-state index in [2.05, 4.69) is 0 Å². The zero-order valence-electron chi connectivity index (χ0n) is 12.1. The minimum Gasteiger partial charge on any atom is -0.504 e. The lowest BCUT2D eigenvalue weighted by Gasteiger charge is -2.23. The van der Waals surface area contributed by atoms with Gasteiger partial charge in [0.25, 0.3) is 0 Å². The van der Waals surface area contributed by atoms with Crippen molar-refractivity contribution in [2.45, 2.75) is 19.3 Å². The molecule has 1 unspecified atom stereocenters. The molecule has 1 N–H and O–H groups in total. The number of phenols is 1. The Morgan fingerprint density at radius 1 is 1.27 bits per heavy atom. The highest BCUT2D eigenvalue weighted by Crippen LogP contribution is 2.39. The molecule has 1 aromatic heterocycles. The summed E-state index contributed by atoms with van der Waals surface area (Å²) in [6.07, 6.45) is 0.0489. The molecule has 0 spiro atoms. The van der Waals surface area contributed by atoms with Crippen LogP contribution in [-0.2, 0) is 4.79 Å². The van der Waals surface area contributed by atoms with Gasteiger partial charge in [0.2, 0.25) is 11.2 Å². The summed E-state index contributed by atoms with van der Waals surface area (Å²) >= 11 is 0. The molecule has 0 radical (unpaired) electrons. The van der Waals surface area contributed by atoms with Crippen LogP contribution in [0.15, 0.2) is 33.5 Å². The van der Waals surface area contributed by atoms with Gasteiger partial charge >= 0.3 is 5.97 Å². The molecule has 0 amide bonds. The maximum Gasteiger partial charge on any atom is 0.312 e. The van der Waals surface area contributed by atoms with Gasteiger partial charge in [-0.05, 0) is 24.6 Å². The number of carbonyl (C=O) groups excluding carboxylic acids is 1. The quantitative estimate of drug-likeness (QED) is 0.855. The molecule has 22 heavy (non-hydrogen) atoms. The number of ether oxygens (including phenoxy) is 2. The summed E-state index contributed by atoms with van der Waals surface area (Å²) in [5.74, 6) is 0.0104. The van der Waals surface area contributed by atoms with E-state index in [9.17, 15) is 14.7 Å². The maximum absolute atomic E-state index is 12.0. The Bertz CT molecular complexity index is 805. The van der Waals surface area contributed by atoms with Crippen molar-refractivity contribution in [2.24, 2.45) is 0 Å². The standard InChI is InChI=1S/C16H14O6/c1-8-5-12(18)16-15(21-8)10(7-14(19)22-16)9-3-4-11(17)13(6-9)20-2/h3-6,10,17H,7H2,1-2H3. The van der Waals surface area contributed by atoms with E-state index >= 15 is 0 Å². The third-order valence-corrected chi connectivity index (χ3v) is 3.56. The fourth-order valence-electron chi connectivity index (χ4n) is 2.55. The second-order valence-electron chi connectivity index (χ2n) is 5.08. The van der Waals surface area contributed by atoms with Crippen molar-refractivity contribution >= 4 is 5.97 Å². The third kappa shape index (κ3) is 2.32. The van der Waals surface area contributed by atoms with E-state index in [0.29, 0.717) is 17.1 Å². The number of rotatable bonds is 2. The summed E-state index contributed by atoms with van der Waals surface area (Å²) in [5, 5.41) is 9.68. The molecule has 1 aromatic carbocycles. The topological polar surface area (TPSA) is 86.0 Å². The summed E-state index contributed by atoms with van der Waals surface area (Å²) < 4.78 is 15.7. The summed E-state index contributed by atoms with van der Waals surface area (Å²) in [7, 11) is 1.44. The molecule has 2 heterocycles. The van der Waals surface area contributed by atoms with Gasteiger partial charge in [0.1, 0.15) is 5.76 Å². The fourth-order valence-corrected chi connectivity index (χ4v) is 2.55. The van der Waals surface area contributed by atoms with E-state index in [1.54, 1.807) is 19.1 Å². The molecule has 114 valence electrons. The number of benzene rings is 1. The Hall–Kier alpha value is -2.76. The number of hydrogen-bond acceptors (Lipinski definition) is 6. The first kappa shape index (κ1) is 14.2. The molecule has 2 aromatic rings. The van der Waals surface area contributed by atoms with Crippen molar-refractivity contribution in [1.29, 1.82) is 0 Å². The Labute approximate surface area is 125 Å². The Morgan fingerprint density at radius 2 is 2.05 bits per heavy atom. The Morgan fingerprint density at radius 3 is 2.77 bits per heavy atom. The van der Waals surface area contributed by atoms with Crippen LogP contribution >= 0.6 is 0 Å². The molecule has 6 heteroatoms. The molecule has 0 bridgehead atoms. The van der Waals surface area contributed by atoms with Gasteiger partial charge in [0, 0.05) is 6.07 Å². The highest BCUT2D eigenvalue weighted by Gasteiger charge is 2.33. The van der Waals surface area contributed by atoms with Crippen LogP contribution in [0.1, 0.15) is 29.4 Å². The first-order valence-corrected chi connectivity index (χ1v) is 6.72. The summed E-state index contributed by atoms with van der Waals surface area (Å²) in [5.41, 5.74) is 0.309. The van der Waals surface area contributed by atoms with Crippen LogP contribution in [0.3, 0.4) is 0 Å². The monoisotopic (exact) mass is 302 g/mol. The molecule has 1 atom stereocenters. The summed E-state index contributed by atoms with van der Waals surface area (Å²) in [6.45, 7) is 1.66. The number of esters is 1. The lowest BCUT2D eigenvalue weighted by atomic mass is 9.90. The fraction of sp³-hybridized carbons (Fsp3) is 0.250. The first-order valence-electron chi connectivity index (χ1n) is 6.72. The summed E-state index contributed by atoms with van der Waals surface area (Å²) in [4.78, 5) is 23.8. The number of aromatic hydroxyl groups is 1. The number of methoxy groups -OCH3 is 1. The number of phenolic OH excluding ortho intramolecular Hbond substituents is 1. The van der Waals surface area contributed by atoms with Gasteiger partial charge in [0.15, 0.2) is 17.3 Å². The minimum absolute atomic E-state index is 0.00412. The second kappa shape index (κ2) is 5.22. The molecular formula is C16H14O6. The average molecular weight is 302 g/mol. The number of aryl methyl sites for hydroxylation is 1. The van der Waals surface area contributed by atoms with Crippen molar-refractivity contribution < 1.29 is 23.8 Å². The van der Waals surface area contributed by atoms with Crippen LogP contribution in [-0.4, -0.2) is 18.2 Å². The second-order valence-corrected chi connectivity index (χ2v) is 5.08. The molecular weight excluding hydrogens is 288 g/mol. The minimum atomic E-state index is -0.499. The zero-order chi connectivity index (χ0) is 15.9. The number of hydrogen-bond donors (Lipinski definition) is 1. The normalized spacial score (nSPS) is 16.8. The molecule has 0 saturated carbocycles. The van der Waals surface area contributed by atoms with Crippen LogP contribution in [0, 0.1) is 6.92 Å². The summed E-state index contributed by atoms with van der Waals surface area (Å²) in [6, 6.07) is 6.03. The molecule has 0 saturated heterocycles. The van der Waals surface area contributed by atoms with Crippen molar-refractivity contribution in [3.05, 3.63) is 51.6 Å². The largest absolute Gasteiger partial charge is 0.504 e. The molecule has 6 nitrogen and oxygen atoms in total. The van der Waals surface area contributed by atoms with Crippen molar-refractivity contribution in [3.63, 3.8) is 0 Å².